The van der Waals surface area contributed by atoms with Crippen LogP contribution in [0.1, 0.15) is 0 Å². The third-order valence-corrected chi connectivity index (χ3v) is 10.7. The van der Waals surface area contributed by atoms with Gasteiger partial charge in [-0.3, -0.25) is 0 Å². The first-order chi connectivity index (χ1) is 25.3. The van der Waals surface area contributed by atoms with Crippen molar-refractivity contribution in [3.05, 3.63) is 182 Å². The molecule has 11 rings (SSSR count). The van der Waals surface area contributed by atoms with E-state index in [9.17, 15) is 0 Å². The highest BCUT2D eigenvalue weighted by atomic mass is 15.2. The summed E-state index contributed by atoms with van der Waals surface area (Å²) < 4.78 is 2.23. The van der Waals surface area contributed by atoms with Gasteiger partial charge in [-0.25, -0.2) is 4.52 Å². The van der Waals surface area contributed by atoms with Crippen molar-refractivity contribution in [2.75, 3.05) is 0 Å². The lowest BCUT2D eigenvalue weighted by Gasteiger charge is -2.16. The van der Waals surface area contributed by atoms with Gasteiger partial charge in [0.15, 0.2) is 0 Å². The summed E-state index contributed by atoms with van der Waals surface area (Å²) in [6.45, 7) is 0. The van der Waals surface area contributed by atoms with Crippen molar-refractivity contribution in [2.45, 2.75) is 0 Å². The van der Waals surface area contributed by atoms with Gasteiger partial charge in [0.25, 0.3) is 0 Å². The Labute approximate surface area is 294 Å². The summed E-state index contributed by atoms with van der Waals surface area (Å²) in [6, 6.07) is 66.2. The third kappa shape index (κ3) is 4.20. The second kappa shape index (κ2) is 10.9. The number of fused-ring (bicyclic) bond motifs is 4. The molecular weight excluding hydrogens is 617 g/mol. The van der Waals surface area contributed by atoms with E-state index in [-0.39, 0.29) is 0 Å². The molecule has 0 amide bonds. The van der Waals surface area contributed by atoms with E-state index in [1.54, 1.807) is 0 Å². The maximum atomic E-state index is 5.73. The fourth-order valence-corrected chi connectivity index (χ4v) is 8.41. The topological polar surface area (TPSA) is 17.3 Å². The van der Waals surface area contributed by atoms with Crippen LogP contribution in [0.25, 0.3) is 104 Å². The second-order valence-electron chi connectivity index (χ2n) is 13.6. The van der Waals surface area contributed by atoms with Crippen molar-refractivity contribution in [3.63, 3.8) is 0 Å². The van der Waals surface area contributed by atoms with E-state index in [1.807, 2.05) is 0 Å². The molecule has 0 bridgehead atoms. The summed E-state index contributed by atoms with van der Waals surface area (Å²) in [6.07, 6.45) is 0. The van der Waals surface area contributed by atoms with E-state index in [0.717, 1.165) is 39.2 Å². The smallest absolute Gasteiger partial charge is 0.102 e. The molecular formula is C49H30N2. The van der Waals surface area contributed by atoms with Gasteiger partial charge in [0.1, 0.15) is 5.69 Å². The molecule has 0 spiro atoms. The van der Waals surface area contributed by atoms with Gasteiger partial charge in [0, 0.05) is 22.1 Å². The Morgan fingerprint density at radius 1 is 0.353 bits per heavy atom. The number of hydrogen-bond acceptors (Lipinski definition) is 1. The lowest BCUT2D eigenvalue weighted by Crippen LogP contribution is -1.98. The Kier molecular flexibility index (Phi) is 5.99. The van der Waals surface area contributed by atoms with Gasteiger partial charge >= 0.3 is 0 Å². The van der Waals surface area contributed by atoms with Crippen LogP contribution in [0.2, 0.25) is 0 Å². The van der Waals surface area contributed by atoms with Gasteiger partial charge in [0.05, 0.1) is 11.2 Å². The maximum Gasteiger partial charge on any atom is 0.102 e. The first kappa shape index (κ1) is 28.1. The van der Waals surface area contributed by atoms with Crippen molar-refractivity contribution in [2.24, 2.45) is 0 Å². The predicted octanol–water partition coefficient (Wildman–Crippen LogP) is 13.2. The molecule has 236 valence electrons. The molecule has 0 aliphatic carbocycles. The molecule has 0 atom stereocenters. The number of hydrogen-bond donors (Lipinski definition) is 0. The largest absolute Gasteiger partial charge is 0.231 e. The molecule has 0 saturated carbocycles. The highest BCUT2D eigenvalue weighted by Crippen LogP contribution is 2.47. The van der Waals surface area contributed by atoms with Gasteiger partial charge in [-0.05, 0) is 89.4 Å². The molecule has 2 aromatic heterocycles. The summed E-state index contributed by atoms with van der Waals surface area (Å²) >= 11 is 0. The van der Waals surface area contributed by atoms with Crippen LogP contribution in [0.3, 0.4) is 0 Å². The molecule has 11 aromatic rings. The van der Waals surface area contributed by atoms with Gasteiger partial charge in [0.2, 0.25) is 0 Å². The molecule has 0 unspecified atom stereocenters. The van der Waals surface area contributed by atoms with Gasteiger partial charge < -0.3 is 0 Å². The molecule has 2 nitrogen and oxygen atoms in total. The zero-order chi connectivity index (χ0) is 33.5. The quantitative estimate of drug-likeness (QED) is 0.174. The van der Waals surface area contributed by atoms with Crippen LogP contribution in [0.4, 0.5) is 0 Å². The third-order valence-electron chi connectivity index (χ3n) is 10.7. The van der Waals surface area contributed by atoms with E-state index >= 15 is 0 Å². The molecule has 9 aromatic carbocycles. The zero-order valence-electron chi connectivity index (χ0n) is 27.7. The monoisotopic (exact) mass is 646 g/mol. The van der Waals surface area contributed by atoms with E-state index in [4.69, 9.17) is 5.10 Å². The molecule has 0 saturated heterocycles. The van der Waals surface area contributed by atoms with Crippen molar-refractivity contribution in [1.29, 1.82) is 0 Å². The van der Waals surface area contributed by atoms with E-state index in [2.05, 4.69) is 187 Å². The van der Waals surface area contributed by atoms with Crippen molar-refractivity contribution < 1.29 is 0 Å². The maximum absolute atomic E-state index is 5.73. The van der Waals surface area contributed by atoms with Gasteiger partial charge in [-0.1, -0.05) is 158 Å². The number of aromatic nitrogens is 2. The van der Waals surface area contributed by atoms with E-state index in [1.165, 1.54) is 65.0 Å². The number of benzene rings is 9. The average molecular weight is 647 g/mol. The normalized spacial score (nSPS) is 11.9. The average Bonchev–Trinajstić information content (AvgIpc) is 3.61. The van der Waals surface area contributed by atoms with Gasteiger partial charge in [-0.2, -0.15) is 5.10 Å². The predicted molar refractivity (Wildman–Crippen MR) is 216 cm³/mol. The number of pyridine rings is 1. The summed E-state index contributed by atoms with van der Waals surface area (Å²) in [5.74, 6) is 0. The van der Waals surface area contributed by atoms with Crippen LogP contribution in [0.5, 0.6) is 0 Å². The highest BCUT2D eigenvalue weighted by molar-refractivity contribution is 6.27. The molecule has 2 heteroatoms. The van der Waals surface area contributed by atoms with Crippen molar-refractivity contribution in [3.8, 4) is 44.8 Å². The molecule has 51 heavy (non-hydrogen) atoms. The summed E-state index contributed by atoms with van der Waals surface area (Å²) in [5, 5.41) is 18.1. The zero-order valence-corrected chi connectivity index (χ0v) is 27.7. The lowest BCUT2D eigenvalue weighted by molar-refractivity contribution is 0.981. The van der Waals surface area contributed by atoms with Crippen LogP contribution in [0.15, 0.2) is 182 Å². The summed E-state index contributed by atoms with van der Waals surface area (Å²) in [7, 11) is 0. The van der Waals surface area contributed by atoms with Crippen LogP contribution in [-0.2, 0) is 0 Å². The standard InChI is InChI=1S/C49H30N2/c1-3-13-31(14-4-1)41-27-35-17-7-8-18-36(35)28-42(41)44-30-37-19-9-10-23-39(37)49-47(32-15-5-2-6-16-32)48(50-51(44)49)43-29-38-22-11-20-33-25-26-34-21-12-24-40(43)46(34)45(33)38/h1-30H. The minimum Gasteiger partial charge on any atom is -0.231 e. The van der Waals surface area contributed by atoms with Crippen LogP contribution in [0, 0.1) is 0 Å². The van der Waals surface area contributed by atoms with Crippen LogP contribution >= 0.6 is 0 Å². The molecule has 0 aliphatic rings. The minimum absolute atomic E-state index is 0.986. The lowest BCUT2D eigenvalue weighted by atomic mass is 9.88. The van der Waals surface area contributed by atoms with Crippen LogP contribution in [-0.4, -0.2) is 9.61 Å². The first-order valence-electron chi connectivity index (χ1n) is 17.6. The SMILES string of the molecule is c1ccc(-c2cc3ccccc3cc2-c2cc3ccccc3c3c(-c4ccccc4)c(-c4cc5cccc6ccc7cccc4c7c65)nn23)cc1. The number of rotatable bonds is 4. The summed E-state index contributed by atoms with van der Waals surface area (Å²) in [4.78, 5) is 0. The van der Waals surface area contributed by atoms with Crippen molar-refractivity contribution >= 4 is 59.4 Å². The van der Waals surface area contributed by atoms with E-state index in [0.29, 0.717) is 0 Å². The fourth-order valence-electron chi connectivity index (χ4n) is 8.41. The Balaban J connectivity index is 1.34. The summed E-state index contributed by atoms with van der Waals surface area (Å²) in [5.41, 5.74) is 10.1. The highest BCUT2D eigenvalue weighted by Gasteiger charge is 2.25. The van der Waals surface area contributed by atoms with Crippen LogP contribution < -0.4 is 0 Å². The molecule has 0 radical (unpaired) electrons. The molecule has 0 N–H and O–H groups in total. The van der Waals surface area contributed by atoms with E-state index < -0.39 is 0 Å². The Bertz CT molecular complexity index is 3120. The first-order valence-corrected chi connectivity index (χ1v) is 17.6. The minimum atomic E-state index is 0.986. The van der Waals surface area contributed by atoms with Gasteiger partial charge in [-0.15, -0.1) is 0 Å². The number of nitrogens with zero attached hydrogens (tertiary/aromatic N) is 2. The Morgan fingerprint density at radius 2 is 0.902 bits per heavy atom. The Morgan fingerprint density at radius 3 is 1.67 bits per heavy atom. The van der Waals surface area contributed by atoms with Crippen molar-refractivity contribution in [1.82, 2.24) is 9.61 Å². The fraction of sp³-hybridized carbons (Fsp3) is 0. The molecule has 0 fully saturated rings. The molecule has 2 heterocycles. The second-order valence-corrected chi connectivity index (χ2v) is 13.6. The molecule has 0 aliphatic heterocycles. The Hall–Kier alpha value is -6.77.